The van der Waals surface area contributed by atoms with E-state index in [4.69, 9.17) is 0 Å². The van der Waals surface area contributed by atoms with Crippen LogP contribution in [0.2, 0.25) is 0 Å². The second-order valence-corrected chi connectivity index (χ2v) is 8.99. The number of aliphatic hydroxyl groups excluding tert-OH is 1. The first-order valence-corrected chi connectivity index (χ1v) is 10.1. The molecule has 6 rings (SSSR count). The van der Waals surface area contributed by atoms with Crippen molar-refractivity contribution in [1.82, 2.24) is 5.32 Å². The van der Waals surface area contributed by atoms with Crippen LogP contribution in [-0.2, 0) is 4.79 Å². The summed E-state index contributed by atoms with van der Waals surface area (Å²) in [7, 11) is 0. The average molecular weight is 349 g/mol. The summed E-state index contributed by atoms with van der Waals surface area (Å²) in [6.07, 6.45) is 6.54. The largest absolute Gasteiger partial charge is 0.387 e. The SMILES string of the molecule is O=C(NCC(O)c1cccc2ccccc12)C12CC3CC(CC(C3)C1)C2. The Balaban J connectivity index is 1.31. The number of hydrogen-bond donors (Lipinski definition) is 2. The summed E-state index contributed by atoms with van der Waals surface area (Å²) in [5, 5.41) is 16.0. The van der Waals surface area contributed by atoms with Gasteiger partial charge in [0.15, 0.2) is 0 Å². The number of amides is 1. The molecule has 4 aliphatic rings. The first-order valence-electron chi connectivity index (χ1n) is 10.1. The van der Waals surface area contributed by atoms with E-state index in [2.05, 4.69) is 17.4 Å². The minimum atomic E-state index is -0.668. The van der Waals surface area contributed by atoms with Gasteiger partial charge in [-0.1, -0.05) is 42.5 Å². The minimum Gasteiger partial charge on any atom is -0.387 e. The Labute approximate surface area is 154 Å². The van der Waals surface area contributed by atoms with Crippen molar-refractivity contribution in [1.29, 1.82) is 0 Å². The van der Waals surface area contributed by atoms with Gasteiger partial charge >= 0.3 is 0 Å². The Hall–Kier alpha value is -1.87. The van der Waals surface area contributed by atoms with Crippen LogP contribution in [0.5, 0.6) is 0 Å². The number of nitrogens with one attached hydrogen (secondary N) is 1. The van der Waals surface area contributed by atoms with Gasteiger partial charge in [-0.25, -0.2) is 0 Å². The number of hydrogen-bond acceptors (Lipinski definition) is 2. The fourth-order valence-corrected chi connectivity index (χ4v) is 6.42. The molecule has 2 aromatic carbocycles. The van der Waals surface area contributed by atoms with E-state index in [0.717, 1.165) is 53.4 Å². The van der Waals surface area contributed by atoms with Gasteiger partial charge in [-0.3, -0.25) is 4.79 Å². The van der Waals surface area contributed by atoms with Crippen molar-refractivity contribution in [2.75, 3.05) is 6.54 Å². The third kappa shape index (κ3) is 2.64. The van der Waals surface area contributed by atoms with E-state index in [1.807, 2.05) is 30.3 Å². The van der Waals surface area contributed by atoms with Crippen molar-refractivity contribution in [2.45, 2.75) is 44.6 Å². The first-order chi connectivity index (χ1) is 12.6. The van der Waals surface area contributed by atoms with Gasteiger partial charge in [0.1, 0.15) is 0 Å². The molecule has 4 aliphatic carbocycles. The average Bonchev–Trinajstić information content (AvgIpc) is 2.64. The molecule has 2 N–H and O–H groups in total. The quantitative estimate of drug-likeness (QED) is 0.869. The molecule has 26 heavy (non-hydrogen) atoms. The van der Waals surface area contributed by atoms with Crippen LogP contribution in [0, 0.1) is 23.2 Å². The van der Waals surface area contributed by atoms with E-state index in [1.165, 1.54) is 19.3 Å². The van der Waals surface area contributed by atoms with Crippen LogP contribution in [0.15, 0.2) is 42.5 Å². The molecule has 0 radical (unpaired) electrons. The monoisotopic (exact) mass is 349 g/mol. The molecular formula is C23H27NO2. The molecule has 0 saturated heterocycles. The van der Waals surface area contributed by atoms with Crippen LogP contribution in [0.3, 0.4) is 0 Å². The smallest absolute Gasteiger partial charge is 0.226 e. The molecule has 4 saturated carbocycles. The molecule has 1 unspecified atom stereocenters. The van der Waals surface area contributed by atoms with Gasteiger partial charge in [-0.15, -0.1) is 0 Å². The summed E-state index contributed by atoms with van der Waals surface area (Å²) in [6, 6.07) is 14.1. The zero-order chi connectivity index (χ0) is 17.7. The molecule has 4 fully saturated rings. The van der Waals surface area contributed by atoms with Gasteiger partial charge in [0.25, 0.3) is 0 Å². The summed E-state index contributed by atoms with van der Waals surface area (Å²) >= 11 is 0. The van der Waals surface area contributed by atoms with Crippen LogP contribution in [-0.4, -0.2) is 17.6 Å². The van der Waals surface area contributed by atoms with E-state index in [9.17, 15) is 9.90 Å². The molecule has 1 amide bonds. The summed E-state index contributed by atoms with van der Waals surface area (Å²) in [5.74, 6) is 2.47. The molecule has 4 bridgehead atoms. The van der Waals surface area contributed by atoms with E-state index in [1.54, 1.807) is 0 Å². The molecule has 2 aromatic rings. The zero-order valence-electron chi connectivity index (χ0n) is 15.2. The highest BCUT2D eigenvalue weighted by atomic mass is 16.3. The lowest BCUT2D eigenvalue weighted by Crippen LogP contribution is -2.54. The van der Waals surface area contributed by atoms with Crippen LogP contribution in [0.4, 0.5) is 0 Å². The first kappa shape index (κ1) is 16.3. The highest BCUT2D eigenvalue weighted by Gasteiger charge is 2.54. The second kappa shape index (κ2) is 6.09. The number of fused-ring (bicyclic) bond motifs is 1. The standard InChI is InChI=1S/C23H27NO2/c25-21(20-7-3-5-18-4-1-2-6-19(18)20)14-24-22(26)23-11-15-8-16(12-23)10-17(9-15)13-23/h1-7,15-17,21,25H,8-14H2,(H,24,26). The molecule has 1 atom stereocenters. The number of carbonyl (C=O) groups is 1. The van der Waals surface area contributed by atoms with Crippen LogP contribution in [0.25, 0.3) is 10.8 Å². The number of rotatable bonds is 4. The Bertz CT molecular complexity index is 802. The topological polar surface area (TPSA) is 49.3 Å². The third-order valence-electron chi connectivity index (χ3n) is 7.16. The van der Waals surface area contributed by atoms with Gasteiger partial charge in [0.05, 0.1) is 6.10 Å². The number of aliphatic hydroxyl groups is 1. The lowest BCUT2D eigenvalue weighted by atomic mass is 9.49. The summed E-state index contributed by atoms with van der Waals surface area (Å²) < 4.78 is 0. The van der Waals surface area contributed by atoms with Gasteiger partial charge < -0.3 is 10.4 Å². The summed E-state index contributed by atoms with van der Waals surface area (Å²) in [6.45, 7) is 0.300. The molecule has 3 nitrogen and oxygen atoms in total. The molecule has 0 aliphatic heterocycles. The molecule has 136 valence electrons. The van der Waals surface area contributed by atoms with Gasteiger partial charge in [0, 0.05) is 12.0 Å². The Morgan fingerprint density at radius 2 is 1.62 bits per heavy atom. The van der Waals surface area contributed by atoms with E-state index >= 15 is 0 Å². The van der Waals surface area contributed by atoms with Crippen molar-refractivity contribution in [2.24, 2.45) is 23.2 Å². The van der Waals surface area contributed by atoms with Crippen molar-refractivity contribution in [3.05, 3.63) is 48.0 Å². The normalized spacial score (nSPS) is 33.3. The van der Waals surface area contributed by atoms with Crippen molar-refractivity contribution >= 4 is 16.7 Å². The van der Waals surface area contributed by atoms with E-state index < -0.39 is 6.10 Å². The van der Waals surface area contributed by atoms with Crippen molar-refractivity contribution in [3.63, 3.8) is 0 Å². The Morgan fingerprint density at radius 1 is 1.00 bits per heavy atom. The molecule has 0 spiro atoms. The van der Waals surface area contributed by atoms with Gasteiger partial charge in [0.2, 0.25) is 5.91 Å². The molecular weight excluding hydrogens is 322 g/mol. The second-order valence-electron chi connectivity index (χ2n) is 8.99. The lowest BCUT2D eigenvalue weighted by Gasteiger charge is -2.55. The maximum Gasteiger partial charge on any atom is 0.226 e. The Morgan fingerprint density at radius 3 is 2.31 bits per heavy atom. The third-order valence-corrected chi connectivity index (χ3v) is 7.16. The van der Waals surface area contributed by atoms with Gasteiger partial charge in [-0.05, 0) is 72.6 Å². The predicted molar refractivity (Wildman–Crippen MR) is 103 cm³/mol. The maximum atomic E-state index is 13.1. The highest BCUT2D eigenvalue weighted by molar-refractivity contribution is 5.86. The fourth-order valence-electron chi connectivity index (χ4n) is 6.42. The zero-order valence-corrected chi connectivity index (χ0v) is 15.2. The van der Waals surface area contributed by atoms with Crippen molar-refractivity contribution < 1.29 is 9.90 Å². The van der Waals surface area contributed by atoms with Crippen LogP contribution in [0.1, 0.15) is 50.2 Å². The number of benzene rings is 2. The highest BCUT2D eigenvalue weighted by Crippen LogP contribution is 2.60. The van der Waals surface area contributed by atoms with Crippen molar-refractivity contribution in [3.8, 4) is 0 Å². The van der Waals surface area contributed by atoms with Gasteiger partial charge in [-0.2, -0.15) is 0 Å². The predicted octanol–water partition coefficient (Wildman–Crippen LogP) is 4.21. The molecule has 3 heteroatoms. The fraction of sp³-hybridized carbons (Fsp3) is 0.522. The summed E-state index contributed by atoms with van der Waals surface area (Å²) in [5.41, 5.74) is 0.752. The number of carbonyl (C=O) groups excluding carboxylic acids is 1. The van der Waals surface area contributed by atoms with Crippen LogP contribution < -0.4 is 5.32 Å². The molecule has 0 heterocycles. The van der Waals surface area contributed by atoms with Crippen LogP contribution >= 0.6 is 0 Å². The van der Waals surface area contributed by atoms with E-state index in [-0.39, 0.29) is 11.3 Å². The van der Waals surface area contributed by atoms with E-state index in [0.29, 0.717) is 6.54 Å². The summed E-state index contributed by atoms with van der Waals surface area (Å²) in [4.78, 5) is 13.1. The Kier molecular flexibility index (Phi) is 3.82. The lowest BCUT2D eigenvalue weighted by molar-refractivity contribution is -0.146. The maximum absolute atomic E-state index is 13.1. The molecule has 0 aromatic heterocycles. The minimum absolute atomic E-state index is 0.146.